The van der Waals surface area contributed by atoms with Gasteiger partial charge in [-0.2, -0.15) is 9.61 Å². The summed E-state index contributed by atoms with van der Waals surface area (Å²) in [5.74, 6) is 0.475. The van der Waals surface area contributed by atoms with E-state index in [-0.39, 0.29) is 11.9 Å². The Hall–Kier alpha value is -2.77. The van der Waals surface area contributed by atoms with E-state index in [9.17, 15) is 4.39 Å². The molecule has 0 saturated carbocycles. The van der Waals surface area contributed by atoms with E-state index >= 15 is 0 Å². The lowest BCUT2D eigenvalue weighted by atomic mass is 9.95. The molecule has 2 aromatic heterocycles. The Morgan fingerprint density at radius 1 is 1.14 bits per heavy atom. The molecule has 146 valence electrons. The van der Waals surface area contributed by atoms with E-state index in [1.807, 2.05) is 12.1 Å². The summed E-state index contributed by atoms with van der Waals surface area (Å²) < 4.78 is 17.0. The second-order valence-electron chi connectivity index (χ2n) is 7.33. The van der Waals surface area contributed by atoms with E-state index in [0.717, 1.165) is 23.4 Å². The average molecular weight is 452 g/mol. The van der Waals surface area contributed by atoms with Crippen LogP contribution in [0.25, 0.3) is 16.9 Å². The van der Waals surface area contributed by atoms with Gasteiger partial charge in [-0.1, -0.05) is 36.4 Å². The Balaban J connectivity index is 1.63. The lowest BCUT2D eigenvalue weighted by Gasteiger charge is -2.33. The summed E-state index contributed by atoms with van der Waals surface area (Å²) in [4.78, 5) is 6.93. The molecular weight excluding hydrogens is 433 g/mol. The Labute approximate surface area is 176 Å². The number of nitrogens with one attached hydrogen (secondary N) is 1. The summed E-state index contributed by atoms with van der Waals surface area (Å²) in [5, 5.41) is 8.08. The van der Waals surface area contributed by atoms with Crippen LogP contribution in [0.3, 0.4) is 0 Å². The summed E-state index contributed by atoms with van der Waals surface area (Å²) in [7, 11) is 2.11. The number of benzene rings is 2. The SMILES string of the molecule is CN1Cc2ccccc2C(Nc2cc(-c3ccccc3F)nc3c(Br)cnn23)C1. The van der Waals surface area contributed by atoms with Crippen LogP contribution in [0.5, 0.6) is 0 Å². The number of nitrogens with zero attached hydrogens (tertiary/aromatic N) is 4. The Bertz CT molecular complexity index is 1210. The van der Waals surface area contributed by atoms with E-state index < -0.39 is 0 Å². The number of anilines is 1. The Morgan fingerprint density at radius 2 is 1.93 bits per heavy atom. The van der Waals surface area contributed by atoms with E-state index in [1.54, 1.807) is 22.8 Å². The third-order valence-electron chi connectivity index (χ3n) is 5.27. The van der Waals surface area contributed by atoms with Crippen LogP contribution in [0.1, 0.15) is 17.2 Å². The summed E-state index contributed by atoms with van der Waals surface area (Å²) in [6.07, 6.45) is 1.71. The van der Waals surface area contributed by atoms with Crippen LogP contribution in [0.2, 0.25) is 0 Å². The maximum Gasteiger partial charge on any atom is 0.172 e. The highest BCUT2D eigenvalue weighted by Gasteiger charge is 2.24. The van der Waals surface area contributed by atoms with E-state index in [4.69, 9.17) is 0 Å². The van der Waals surface area contributed by atoms with Gasteiger partial charge in [0.15, 0.2) is 5.65 Å². The molecule has 1 atom stereocenters. The second kappa shape index (κ2) is 7.24. The van der Waals surface area contributed by atoms with Crippen molar-refractivity contribution in [3.63, 3.8) is 0 Å². The highest BCUT2D eigenvalue weighted by molar-refractivity contribution is 9.10. The largest absolute Gasteiger partial charge is 0.362 e. The third kappa shape index (κ3) is 3.30. The van der Waals surface area contributed by atoms with Crippen molar-refractivity contribution in [2.24, 2.45) is 0 Å². The summed E-state index contributed by atoms with van der Waals surface area (Å²) in [6, 6.07) is 17.1. The highest BCUT2D eigenvalue weighted by atomic mass is 79.9. The molecule has 0 spiro atoms. The minimum Gasteiger partial charge on any atom is -0.362 e. The van der Waals surface area contributed by atoms with Crippen LogP contribution in [0, 0.1) is 5.82 Å². The zero-order valence-corrected chi connectivity index (χ0v) is 17.4. The quantitative estimate of drug-likeness (QED) is 0.481. The number of likely N-dealkylation sites (N-methyl/N-ethyl adjacent to an activating group) is 1. The van der Waals surface area contributed by atoms with Gasteiger partial charge in [0.1, 0.15) is 11.6 Å². The number of hydrogen-bond acceptors (Lipinski definition) is 4. The van der Waals surface area contributed by atoms with Crippen molar-refractivity contribution < 1.29 is 4.39 Å². The number of hydrogen-bond donors (Lipinski definition) is 1. The predicted octanol–water partition coefficient (Wildman–Crippen LogP) is 4.90. The van der Waals surface area contributed by atoms with Gasteiger partial charge in [0.25, 0.3) is 0 Å². The van der Waals surface area contributed by atoms with Crippen LogP contribution < -0.4 is 5.32 Å². The Kier molecular flexibility index (Phi) is 4.56. The molecule has 5 nitrogen and oxygen atoms in total. The fourth-order valence-corrected chi connectivity index (χ4v) is 4.28. The monoisotopic (exact) mass is 451 g/mol. The van der Waals surface area contributed by atoms with Crippen molar-refractivity contribution in [3.8, 4) is 11.3 Å². The van der Waals surface area contributed by atoms with Crippen LogP contribution in [0.15, 0.2) is 65.3 Å². The normalized spacial score (nSPS) is 16.7. The molecule has 1 aliphatic rings. The first kappa shape index (κ1) is 18.3. The molecule has 3 heterocycles. The lowest BCUT2D eigenvalue weighted by Crippen LogP contribution is -2.34. The maximum absolute atomic E-state index is 14.4. The van der Waals surface area contributed by atoms with Gasteiger partial charge < -0.3 is 5.32 Å². The first-order valence-electron chi connectivity index (χ1n) is 9.42. The maximum atomic E-state index is 14.4. The minimum absolute atomic E-state index is 0.0898. The van der Waals surface area contributed by atoms with Gasteiger partial charge in [-0.15, -0.1) is 0 Å². The summed E-state index contributed by atoms with van der Waals surface area (Å²) in [6.45, 7) is 1.78. The number of fused-ring (bicyclic) bond motifs is 2. The molecule has 5 rings (SSSR count). The molecule has 0 saturated heterocycles. The van der Waals surface area contributed by atoms with Gasteiger partial charge in [-0.3, -0.25) is 4.90 Å². The van der Waals surface area contributed by atoms with Crippen LogP contribution in [-0.2, 0) is 6.54 Å². The number of halogens is 2. The smallest absolute Gasteiger partial charge is 0.172 e. The molecule has 0 amide bonds. The molecule has 4 aromatic rings. The van der Waals surface area contributed by atoms with Gasteiger partial charge in [0.05, 0.1) is 22.4 Å². The number of rotatable bonds is 3. The van der Waals surface area contributed by atoms with Crippen molar-refractivity contribution in [2.45, 2.75) is 12.6 Å². The standard InChI is InChI=1S/C22H19BrFN5/c1-28-12-14-6-2-3-7-15(14)20(13-28)26-21-10-19(16-8-4-5-9-18(16)24)27-22-17(23)11-25-29(21)22/h2-11,20,26H,12-13H2,1H3. The first-order valence-corrected chi connectivity index (χ1v) is 10.2. The predicted molar refractivity (Wildman–Crippen MR) is 115 cm³/mol. The topological polar surface area (TPSA) is 45.5 Å². The molecule has 1 N–H and O–H groups in total. The zero-order chi connectivity index (χ0) is 20.0. The molecule has 1 aliphatic heterocycles. The summed E-state index contributed by atoms with van der Waals surface area (Å²) >= 11 is 3.51. The molecule has 7 heteroatoms. The van der Waals surface area contributed by atoms with Gasteiger partial charge in [0, 0.05) is 24.7 Å². The number of aromatic nitrogens is 3. The van der Waals surface area contributed by atoms with Gasteiger partial charge in [0.2, 0.25) is 0 Å². The fraction of sp³-hybridized carbons (Fsp3) is 0.182. The van der Waals surface area contributed by atoms with Crippen molar-refractivity contribution in [1.29, 1.82) is 0 Å². The highest BCUT2D eigenvalue weighted by Crippen LogP contribution is 2.32. The molecule has 1 unspecified atom stereocenters. The van der Waals surface area contributed by atoms with Gasteiger partial charge >= 0.3 is 0 Å². The van der Waals surface area contributed by atoms with Crippen molar-refractivity contribution in [3.05, 3.63) is 82.2 Å². The van der Waals surface area contributed by atoms with Crippen molar-refractivity contribution in [1.82, 2.24) is 19.5 Å². The Morgan fingerprint density at radius 3 is 2.79 bits per heavy atom. The molecule has 0 aliphatic carbocycles. The van der Waals surface area contributed by atoms with Crippen molar-refractivity contribution in [2.75, 3.05) is 18.9 Å². The van der Waals surface area contributed by atoms with Gasteiger partial charge in [-0.25, -0.2) is 9.37 Å². The average Bonchev–Trinajstić information content (AvgIpc) is 3.09. The van der Waals surface area contributed by atoms with Crippen molar-refractivity contribution >= 4 is 27.4 Å². The molecule has 0 bridgehead atoms. The van der Waals surface area contributed by atoms with Crippen LogP contribution in [0.4, 0.5) is 10.2 Å². The second-order valence-corrected chi connectivity index (χ2v) is 8.18. The molecule has 0 radical (unpaired) electrons. The van der Waals surface area contributed by atoms with E-state index in [2.05, 4.69) is 67.5 Å². The molecule has 2 aromatic carbocycles. The first-order chi connectivity index (χ1) is 14.1. The third-order valence-corrected chi connectivity index (χ3v) is 5.83. The zero-order valence-electron chi connectivity index (χ0n) is 15.8. The van der Waals surface area contributed by atoms with E-state index in [0.29, 0.717) is 16.9 Å². The molecule has 29 heavy (non-hydrogen) atoms. The van der Waals surface area contributed by atoms with Gasteiger partial charge in [-0.05, 0) is 46.2 Å². The van der Waals surface area contributed by atoms with E-state index in [1.165, 1.54) is 17.2 Å². The summed E-state index contributed by atoms with van der Waals surface area (Å²) in [5.41, 5.74) is 4.25. The van der Waals surface area contributed by atoms with Crippen LogP contribution in [-0.4, -0.2) is 33.1 Å². The molecular formula is C22H19BrFN5. The minimum atomic E-state index is -0.298. The lowest BCUT2D eigenvalue weighted by molar-refractivity contribution is 0.291. The van der Waals surface area contributed by atoms with Crippen LogP contribution >= 0.6 is 15.9 Å². The molecule has 0 fully saturated rings. The fourth-order valence-electron chi connectivity index (χ4n) is 3.93.